The fraction of sp³-hybridized carbons (Fsp3) is 0.308. The van der Waals surface area contributed by atoms with E-state index in [0.29, 0.717) is 17.9 Å². The summed E-state index contributed by atoms with van der Waals surface area (Å²) in [5.41, 5.74) is 4.53. The van der Waals surface area contributed by atoms with Crippen molar-refractivity contribution < 1.29 is 13.2 Å². The lowest BCUT2D eigenvalue weighted by molar-refractivity contribution is -0.118. The predicted molar refractivity (Wildman–Crippen MR) is 135 cm³/mol. The van der Waals surface area contributed by atoms with Crippen LogP contribution in [0, 0.1) is 5.92 Å². The van der Waals surface area contributed by atoms with Gasteiger partial charge in [0.25, 0.3) is 0 Å². The van der Waals surface area contributed by atoms with Gasteiger partial charge < -0.3 is 10.6 Å². The number of anilines is 3. The summed E-state index contributed by atoms with van der Waals surface area (Å²) in [4.78, 5) is 16.8. The van der Waals surface area contributed by atoms with Gasteiger partial charge in [0.15, 0.2) is 5.82 Å². The first-order valence-electron chi connectivity index (χ1n) is 11.5. The Hall–Kier alpha value is -3.23. The average Bonchev–Trinajstić information content (AvgIpc) is 3.21. The third-order valence-electron chi connectivity index (χ3n) is 6.02. The van der Waals surface area contributed by atoms with E-state index in [1.54, 1.807) is 30.5 Å². The van der Waals surface area contributed by atoms with E-state index in [1.165, 1.54) is 0 Å². The van der Waals surface area contributed by atoms with Crippen molar-refractivity contribution in [2.24, 2.45) is 5.92 Å². The molecule has 1 atom stereocenters. The minimum absolute atomic E-state index is 0.0913. The Balaban J connectivity index is 1.54. The van der Waals surface area contributed by atoms with E-state index < -0.39 is 10.0 Å². The van der Waals surface area contributed by atoms with Crippen molar-refractivity contribution in [1.29, 1.82) is 0 Å². The highest BCUT2D eigenvalue weighted by molar-refractivity contribution is 7.89. The van der Waals surface area contributed by atoms with Gasteiger partial charge in [0.2, 0.25) is 15.9 Å². The zero-order valence-corrected chi connectivity index (χ0v) is 20.4. The molecular weight excluding hydrogens is 448 g/mol. The van der Waals surface area contributed by atoms with Crippen LogP contribution in [0.1, 0.15) is 49.9 Å². The maximum absolute atomic E-state index is 13.0. The minimum atomic E-state index is -3.64. The van der Waals surface area contributed by atoms with E-state index in [2.05, 4.69) is 20.3 Å². The van der Waals surface area contributed by atoms with Gasteiger partial charge in [-0.15, -0.1) is 0 Å². The van der Waals surface area contributed by atoms with Gasteiger partial charge in [0, 0.05) is 23.8 Å². The molecule has 0 spiro atoms. The highest BCUT2D eigenvalue weighted by atomic mass is 32.2. The number of pyridine rings is 1. The smallest absolute Gasteiger partial charge is 0.241 e. The third-order valence-corrected chi connectivity index (χ3v) is 7.50. The minimum Gasteiger partial charge on any atom is -0.338 e. The number of carbonyl (C=O) groups is 1. The van der Waals surface area contributed by atoms with Crippen molar-refractivity contribution in [1.82, 2.24) is 9.71 Å². The van der Waals surface area contributed by atoms with Gasteiger partial charge in [-0.3, -0.25) is 4.79 Å². The molecule has 1 unspecified atom stereocenters. The van der Waals surface area contributed by atoms with Gasteiger partial charge >= 0.3 is 0 Å². The van der Waals surface area contributed by atoms with Gasteiger partial charge in [-0.2, -0.15) is 0 Å². The van der Waals surface area contributed by atoms with Gasteiger partial charge in [0.1, 0.15) is 0 Å². The topological polar surface area (TPSA) is 100 Å². The van der Waals surface area contributed by atoms with Gasteiger partial charge in [0.05, 0.1) is 10.6 Å². The molecule has 1 heterocycles. The lowest BCUT2D eigenvalue weighted by atomic mass is 10.1. The van der Waals surface area contributed by atoms with Crippen molar-refractivity contribution in [3.8, 4) is 0 Å². The van der Waals surface area contributed by atoms with E-state index >= 15 is 0 Å². The quantitative estimate of drug-likeness (QED) is 0.425. The molecule has 0 saturated heterocycles. The lowest BCUT2D eigenvalue weighted by Crippen LogP contribution is -2.27. The van der Waals surface area contributed by atoms with Crippen LogP contribution < -0.4 is 15.4 Å². The number of carbonyl (C=O) groups excluding carboxylic acids is 1. The number of amides is 1. The fourth-order valence-electron chi connectivity index (χ4n) is 3.98. The second-order valence-corrected chi connectivity index (χ2v) is 10.5. The summed E-state index contributed by atoms with van der Waals surface area (Å²) < 4.78 is 28.9. The first-order chi connectivity index (χ1) is 16.3. The molecule has 0 aliphatic heterocycles. The molecule has 8 heteroatoms. The number of sulfonamides is 1. The van der Waals surface area contributed by atoms with E-state index in [9.17, 15) is 13.2 Å². The Bertz CT molecular complexity index is 1290. The molecule has 0 fully saturated rings. The Labute approximate surface area is 201 Å². The highest BCUT2D eigenvalue weighted by Crippen LogP contribution is 2.35. The van der Waals surface area contributed by atoms with E-state index in [-0.39, 0.29) is 22.8 Å². The second-order valence-electron chi connectivity index (χ2n) is 8.79. The molecule has 1 amide bonds. The molecule has 1 aliphatic rings. The van der Waals surface area contributed by atoms with Crippen molar-refractivity contribution >= 4 is 33.1 Å². The Morgan fingerprint density at radius 1 is 1.12 bits per heavy atom. The largest absolute Gasteiger partial charge is 0.338 e. The summed E-state index contributed by atoms with van der Waals surface area (Å²) in [6.45, 7) is 5.70. The van der Waals surface area contributed by atoms with Crippen LogP contribution >= 0.6 is 0 Å². The van der Waals surface area contributed by atoms with E-state index in [4.69, 9.17) is 0 Å². The maximum Gasteiger partial charge on any atom is 0.241 e. The predicted octanol–water partition coefficient (Wildman–Crippen LogP) is 4.95. The number of rotatable bonds is 8. The molecule has 2 aromatic carbocycles. The summed E-state index contributed by atoms with van der Waals surface area (Å²) >= 11 is 0. The molecule has 3 aromatic rings. The Morgan fingerprint density at radius 3 is 2.59 bits per heavy atom. The fourth-order valence-corrected chi connectivity index (χ4v) is 5.23. The van der Waals surface area contributed by atoms with Crippen molar-refractivity contribution in [3.05, 3.63) is 77.5 Å². The molecule has 1 aliphatic carbocycles. The van der Waals surface area contributed by atoms with Crippen LogP contribution in [0.25, 0.3) is 0 Å². The highest BCUT2D eigenvalue weighted by Gasteiger charge is 2.28. The summed E-state index contributed by atoms with van der Waals surface area (Å²) in [5.74, 6) is 0.286. The number of nitrogens with one attached hydrogen (secondary N) is 3. The zero-order chi connectivity index (χ0) is 24.3. The summed E-state index contributed by atoms with van der Waals surface area (Å²) in [6, 6.07) is 16.2. The van der Waals surface area contributed by atoms with Crippen LogP contribution in [0.2, 0.25) is 0 Å². The first kappa shape index (κ1) is 23.9. The summed E-state index contributed by atoms with van der Waals surface area (Å²) in [5, 5.41) is 6.16. The summed E-state index contributed by atoms with van der Waals surface area (Å²) in [6.07, 6.45) is 4.02. The van der Waals surface area contributed by atoms with Crippen LogP contribution in [-0.2, 0) is 27.7 Å². The molecule has 4 rings (SSSR count). The lowest BCUT2D eigenvalue weighted by Gasteiger charge is -2.17. The number of fused-ring (bicyclic) bond motifs is 1. The maximum atomic E-state index is 13.0. The Kier molecular flexibility index (Phi) is 7.00. The van der Waals surface area contributed by atoms with Crippen LogP contribution in [-0.4, -0.2) is 19.3 Å². The number of hydrogen-bond acceptors (Lipinski definition) is 5. The summed E-state index contributed by atoms with van der Waals surface area (Å²) in [7, 11) is -3.64. The van der Waals surface area contributed by atoms with Crippen LogP contribution in [0.3, 0.4) is 0 Å². The molecular formula is C26H30N4O3S. The number of aromatic nitrogens is 1. The average molecular weight is 479 g/mol. The number of hydrogen-bond donors (Lipinski definition) is 3. The van der Waals surface area contributed by atoms with Crippen LogP contribution in [0.4, 0.5) is 17.2 Å². The van der Waals surface area contributed by atoms with Crippen LogP contribution in [0.15, 0.2) is 65.7 Å². The Morgan fingerprint density at radius 2 is 1.88 bits per heavy atom. The van der Waals surface area contributed by atoms with Crippen LogP contribution in [0.5, 0.6) is 0 Å². The van der Waals surface area contributed by atoms with Crippen molar-refractivity contribution in [2.45, 2.75) is 51.0 Å². The van der Waals surface area contributed by atoms with Gasteiger partial charge in [-0.1, -0.05) is 39.0 Å². The monoisotopic (exact) mass is 478 g/mol. The van der Waals surface area contributed by atoms with E-state index in [0.717, 1.165) is 35.2 Å². The SMILES string of the molecule is CCc1ccc(S(=O)(=O)NC2CCc3ccc(Nc4ncccc4NC(=O)C(C)C)cc32)cc1. The van der Waals surface area contributed by atoms with Crippen molar-refractivity contribution in [3.63, 3.8) is 0 Å². The molecule has 0 saturated carbocycles. The molecule has 1 aromatic heterocycles. The zero-order valence-electron chi connectivity index (χ0n) is 19.6. The molecule has 3 N–H and O–H groups in total. The molecule has 0 bridgehead atoms. The van der Waals surface area contributed by atoms with Crippen molar-refractivity contribution in [2.75, 3.05) is 10.6 Å². The normalized spacial score (nSPS) is 15.2. The molecule has 34 heavy (non-hydrogen) atoms. The molecule has 7 nitrogen and oxygen atoms in total. The molecule has 0 radical (unpaired) electrons. The third kappa shape index (κ3) is 5.29. The standard InChI is InChI=1S/C26H30N4O3S/c1-4-18-7-12-21(13-8-18)34(32,33)30-23-14-10-19-9-11-20(16-22(19)23)28-25-24(6-5-15-27-25)29-26(31)17(2)3/h5-9,11-13,15-17,23,30H,4,10,14H2,1-3H3,(H,27,28)(H,29,31). The number of aryl methyl sites for hydroxylation is 2. The first-order valence-corrected chi connectivity index (χ1v) is 13.0. The second kappa shape index (κ2) is 9.95. The van der Waals surface area contributed by atoms with Gasteiger partial charge in [-0.25, -0.2) is 18.1 Å². The number of benzene rings is 2. The van der Waals surface area contributed by atoms with E-state index in [1.807, 2.05) is 51.1 Å². The van der Waals surface area contributed by atoms with Gasteiger partial charge in [-0.05, 0) is 72.4 Å². The molecule has 178 valence electrons. The number of nitrogens with zero attached hydrogens (tertiary/aromatic N) is 1.